The number of amides is 1. The summed E-state index contributed by atoms with van der Waals surface area (Å²) in [6, 6.07) is 24.2. The number of para-hydroxylation sites is 3. The number of nitrogens with zero attached hydrogens (tertiary/aromatic N) is 4. The predicted molar refractivity (Wildman–Crippen MR) is 156 cm³/mol. The van der Waals surface area contributed by atoms with Crippen molar-refractivity contribution in [2.45, 2.75) is 44.7 Å². The third kappa shape index (κ3) is 5.90. The van der Waals surface area contributed by atoms with Gasteiger partial charge in [0, 0.05) is 38.3 Å². The topological polar surface area (TPSA) is 84.7 Å². The maximum absolute atomic E-state index is 13.2. The first kappa shape index (κ1) is 27.9. The number of hydrogen-bond donors (Lipinski definition) is 0. The molecule has 1 aliphatic heterocycles. The highest BCUT2D eigenvalue weighted by Crippen LogP contribution is 2.26. The van der Waals surface area contributed by atoms with E-state index in [0.717, 1.165) is 42.0 Å². The SMILES string of the molecule is CCN(CC)S(=O)(=O)c1ccc(C(=O)N2CCC(Cn3c(COc4ccccc4)nc4ccccc43)CC2)cc1. The maximum Gasteiger partial charge on any atom is 0.253 e. The van der Waals surface area contributed by atoms with Crippen LogP contribution in [0.15, 0.2) is 83.8 Å². The first-order chi connectivity index (χ1) is 19.4. The standard InChI is InChI=1S/C31H36N4O4S/c1-3-34(4-2)40(37,38)27-16-14-25(15-17-27)31(36)33-20-18-24(19-21-33)22-35-29-13-9-8-12-28(29)32-30(35)23-39-26-10-6-5-7-11-26/h5-17,24H,3-4,18-23H2,1-2H3. The van der Waals surface area contributed by atoms with Crippen LogP contribution in [-0.2, 0) is 23.2 Å². The maximum atomic E-state index is 13.2. The van der Waals surface area contributed by atoms with E-state index in [4.69, 9.17) is 9.72 Å². The summed E-state index contributed by atoms with van der Waals surface area (Å²) in [6.45, 7) is 6.96. The Balaban J connectivity index is 1.23. The zero-order valence-electron chi connectivity index (χ0n) is 23.1. The van der Waals surface area contributed by atoms with Crippen molar-refractivity contribution in [1.29, 1.82) is 0 Å². The smallest absolute Gasteiger partial charge is 0.253 e. The lowest BCUT2D eigenvalue weighted by Crippen LogP contribution is -2.39. The van der Waals surface area contributed by atoms with E-state index in [1.807, 2.05) is 67.3 Å². The largest absolute Gasteiger partial charge is 0.486 e. The molecule has 0 N–H and O–H groups in total. The van der Waals surface area contributed by atoms with Crippen molar-refractivity contribution >= 4 is 27.0 Å². The molecule has 210 valence electrons. The number of fused-ring (bicyclic) bond motifs is 1. The number of rotatable bonds is 10. The van der Waals surface area contributed by atoms with Crippen molar-refractivity contribution in [2.24, 2.45) is 5.92 Å². The summed E-state index contributed by atoms with van der Waals surface area (Å²) in [6.07, 6.45) is 1.76. The molecular weight excluding hydrogens is 524 g/mol. The van der Waals surface area contributed by atoms with E-state index in [9.17, 15) is 13.2 Å². The Bertz CT molecular complexity index is 1540. The van der Waals surface area contributed by atoms with Crippen LogP contribution in [0.5, 0.6) is 5.75 Å². The number of carbonyl (C=O) groups is 1. The third-order valence-electron chi connectivity index (χ3n) is 7.63. The molecule has 0 aliphatic carbocycles. The van der Waals surface area contributed by atoms with Gasteiger partial charge in [0.25, 0.3) is 5.91 Å². The molecule has 0 saturated carbocycles. The van der Waals surface area contributed by atoms with Gasteiger partial charge in [-0.25, -0.2) is 13.4 Å². The van der Waals surface area contributed by atoms with Gasteiger partial charge in [-0.2, -0.15) is 4.31 Å². The molecule has 1 aromatic heterocycles. The number of imidazole rings is 1. The average Bonchev–Trinajstić information content (AvgIpc) is 3.34. The van der Waals surface area contributed by atoms with Crippen molar-refractivity contribution < 1.29 is 17.9 Å². The molecule has 40 heavy (non-hydrogen) atoms. The molecule has 1 aliphatic rings. The fourth-order valence-corrected chi connectivity index (χ4v) is 6.80. The number of sulfonamides is 1. The second-order valence-electron chi connectivity index (χ2n) is 10.1. The number of aromatic nitrogens is 2. The molecule has 0 unspecified atom stereocenters. The highest BCUT2D eigenvalue weighted by atomic mass is 32.2. The van der Waals surface area contributed by atoms with E-state index in [2.05, 4.69) is 10.6 Å². The van der Waals surface area contributed by atoms with Crippen LogP contribution in [0.2, 0.25) is 0 Å². The van der Waals surface area contributed by atoms with E-state index >= 15 is 0 Å². The van der Waals surface area contributed by atoms with Gasteiger partial charge in [-0.1, -0.05) is 44.2 Å². The van der Waals surface area contributed by atoms with E-state index in [1.165, 1.54) is 16.4 Å². The second kappa shape index (κ2) is 12.2. The number of benzene rings is 3. The second-order valence-corrected chi connectivity index (χ2v) is 12.0. The summed E-state index contributed by atoms with van der Waals surface area (Å²) in [7, 11) is -3.55. The van der Waals surface area contributed by atoms with Gasteiger partial charge in [0.2, 0.25) is 10.0 Å². The van der Waals surface area contributed by atoms with E-state index in [0.29, 0.717) is 44.3 Å². The lowest BCUT2D eigenvalue weighted by atomic mass is 9.96. The zero-order valence-corrected chi connectivity index (χ0v) is 23.9. The quantitative estimate of drug-likeness (QED) is 0.266. The van der Waals surface area contributed by atoms with Gasteiger partial charge in [0.1, 0.15) is 18.2 Å². The normalized spacial score (nSPS) is 14.6. The molecule has 3 aromatic carbocycles. The van der Waals surface area contributed by atoms with Gasteiger partial charge < -0.3 is 14.2 Å². The summed E-state index contributed by atoms with van der Waals surface area (Å²) >= 11 is 0. The third-order valence-corrected chi connectivity index (χ3v) is 9.70. The average molecular weight is 561 g/mol. The minimum atomic E-state index is -3.55. The van der Waals surface area contributed by atoms with Gasteiger partial charge in [0.05, 0.1) is 15.9 Å². The van der Waals surface area contributed by atoms with Crippen molar-refractivity contribution in [3.63, 3.8) is 0 Å². The summed E-state index contributed by atoms with van der Waals surface area (Å²) in [5, 5.41) is 0. The number of likely N-dealkylation sites (tertiary alicyclic amines) is 1. The van der Waals surface area contributed by atoms with Crippen molar-refractivity contribution in [2.75, 3.05) is 26.2 Å². The number of piperidine rings is 1. The molecule has 0 spiro atoms. The Labute approximate surface area is 236 Å². The lowest BCUT2D eigenvalue weighted by Gasteiger charge is -2.32. The van der Waals surface area contributed by atoms with Crippen LogP contribution in [0.4, 0.5) is 0 Å². The van der Waals surface area contributed by atoms with E-state index in [1.54, 1.807) is 12.1 Å². The Kier molecular flexibility index (Phi) is 8.52. The molecule has 1 amide bonds. The van der Waals surface area contributed by atoms with Crippen LogP contribution in [0.3, 0.4) is 0 Å². The Morgan fingerprint density at radius 3 is 2.25 bits per heavy atom. The summed E-state index contributed by atoms with van der Waals surface area (Å²) < 4.78 is 35.3. The molecule has 1 saturated heterocycles. The van der Waals surface area contributed by atoms with Crippen molar-refractivity contribution in [1.82, 2.24) is 18.8 Å². The van der Waals surface area contributed by atoms with Crippen LogP contribution >= 0.6 is 0 Å². The van der Waals surface area contributed by atoms with Gasteiger partial charge >= 0.3 is 0 Å². The highest BCUT2D eigenvalue weighted by Gasteiger charge is 2.26. The van der Waals surface area contributed by atoms with Crippen LogP contribution in [-0.4, -0.2) is 59.3 Å². The minimum Gasteiger partial charge on any atom is -0.486 e. The van der Waals surface area contributed by atoms with Gasteiger partial charge in [-0.05, 0) is 67.3 Å². The first-order valence-corrected chi connectivity index (χ1v) is 15.4. The van der Waals surface area contributed by atoms with Crippen LogP contribution in [0, 0.1) is 5.92 Å². The molecule has 2 heterocycles. The molecule has 0 atom stereocenters. The Hall–Kier alpha value is -3.69. The molecular formula is C31H36N4O4S. The highest BCUT2D eigenvalue weighted by molar-refractivity contribution is 7.89. The summed E-state index contributed by atoms with van der Waals surface area (Å²) in [5.41, 5.74) is 2.55. The monoisotopic (exact) mass is 560 g/mol. The molecule has 8 nitrogen and oxygen atoms in total. The predicted octanol–water partition coefficient (Wildman–Crippen LogP) is 5.20. The number of carbonyl (C=O) groups excluding carboxylic acids is 1. The van der Waals surface area contributed by atoms with Gasteiger partial charge in [-0.15, -0.1) is 0 Å². The van der Waals surface area contributed by atoms with Gasteiger partial charge in [0.15, 0.2) is 0 Å². The molecule has 9 heteroatoms. The fraction of sp³-hybridized carbons (Fsp3) is 0.355. The van der Waals surface area contributed by atoms with E-state index < -0.39 is 10.0 Å². The van der Waals surface area contributed by atoms with Crippen molar-refractivity contribution in [3.05, 3.63) is 90.3 Å². The first-order valence-electron chi connectivity index (χ1n) is 13.9. The Morgan fingerprint density at radius 2 is 1.57 bits per heavy atom. The molecule has 1 fully saturated rings. The number of hydrogen-bond acceptors (Lipinski definition) is 5. The van der Waals surface area contributed by atoms with Crippen molar-refractivity contribution in [3.8, 4) is 5.75 Å². The lowest BCUT2D eigenvalue weighted by molar-refractivity contribution is 0.0682. The molecule has 0 bridgehead atoms. The fourth-order valence-electron chi connectivity index (χ4n) is 5.35. The zero-order chi connectivity index (χ0) is 28.1. The molecule has 5 rings (SSSR count). The Morgan fingerprint density at radius 1 is 0.925 bits per heavy atom. The molecule has 0 radical (unpaired) electrons. The molecule has 4 aromatic rings. The van der Waals surface area contributed by atoms with Crippen LogP contribution in [0.1, 0.15) is 42.9 Å². The van der Waals surface area contributed by atoms with E-state index in [-0.39, 0.29) is 10.8 Å². The van der Waals surface area contributed by atoms with Crippen LogP contribution < -0.4 is 4.74 Å². The van der Waals surface area contributed by atoms with Crippen LogP contribution in [0.25, 0.3) is 11.0 Å². The number of ether oxygens (including phenoxy) is 1. The van der Waals surface area contributed by atoms with Gasteiger partial charge in [-0.3, -0.25) is 4.79 Å². The summed E-state index contributed by atoms with van der Waals surface area (Å²) in [4.78, 5) is 20.1. The minimum absolute atomic E-state index is 0.0599. The summed E-state index contributed by atoms with van der Waals surface area (Å²) in [5.74, 6) is 2.05.